The summed E-state index contributed by atoms with van der Waals surface area (Å²) >= 11 is 1.54. The van der Waals surface area contributed by atoms with E-state index in [0.717, 1.165) is 4.88 Å². The Kier molecular flexibility index (Phi) is 4.30. The molecule has 1 amide bonds. The highest BCUT2D eigenvalue weighted by Crippen LogP contribution is 2.29. The van der Waals surface area contributed by atoms with Crippen molar-refractivity contribution in [3.05, 3.63) is 34.8 Å². The number of aromatic nitrogens is 3. The van der Waals surface area contributed by atoms with E-state index in [1.54, 1.807) is 17.8 Å². The van der Waals surface area contributed by atoms with Gasteiger partial charge < -0.3 is 10.4 Å². The fourth-order valence-electron chi connectivity index (χ4n) is 2.55. The summed E-state index contributed by atoms with van der Waals surface area (Å²) in [5.41, 5.74) is 2.49. The van der Waals surface area contributed by atoms with Gasteiger partial charge in [0.25, 0.3) is 5.91 Å². The van der Waals surface area contributed by atoms with E-state index in [2.05, 4.69) is 15.4 Å². The van der Waals surface area contributed by atoms with Gasteiger partial charge in [-0.05, 0) is 24.4 Å². The van der Waals surface area contributed by atoms with Gasteiger partial charge in [-0.3, -0.25) is 14.3 Å². The predicted octanol–water partition coefficient (Wildman–Crippen LogP) is 2.21. The smallest absolute Gasteiger partial charge is 0.305 e. The summed E-state index contributed by atoms with van der Waals surface area (Å²) in [6.45, 7) is 1.90. The largest absolute Gasteiger partial charge is 0.481 e. The predicted molar refractivity (Wildman–Crippen MR) is 91.1 cm³/mol. The number of nitrogens with zero attached hydrogens (tertiary/aromatic N) is 3. The molecule has 0 aromatic carbocycles. The molecule has 0 aliphatic carbocycles. The second-order valence-electron chi connectivity index (χ2n) is 5.34. The molecule has 3 rings (SSSR count). The van der Waals surface area contributed by atoms with Gasteiger partial charge in [0.15, 0.2) is 5.65 Å². The molecule has 0 radical (unpaired) electrons. The van der Waals surface area contributed by atoms with Gasteiger partial charge in [0, 0.05) is 13.6 Å². The van der Waals surface area contributed by atoms with E-state index in [1.807, 2.05) is 24.4 Å². The van der Waals surface area contributed by atoms with Crippen LogP contribution in [-0.2, 0) is 11.8 Å². The van der Waals surface area contributed by atoms with E-state index in [0.29, 0.717) is 28.0 Å². The molecular weight excluding hydrogens is 328 g/mol. The van der Waals surface area contributed by atoms with Crippen LogP contribution >= 0.6 is 11.3 Å². The van der Waals surface area contributed by atoms with Crippen LogP contribution in [0.15, 0.2) is 23.6 Å². The fourth-order valence-corrected chi connectivity index (χ4v) is 3.24. The molecule has 0 saturated heterocycles. The van der Waals surface area contributed by atoms with E-state index in [1.165, 1.54) is 11.3 Å². The number of hydrogen-bond acceptors (Lipinski definition) is 5. The van der Waals surface area contributed by atoms with Crippen LogP contribution in [0.3, 0.4) is 0 Å². The lowest BCUT2D eigenvalue weighted by molar-refractivity contribution is -0.136. The third-order valence-corrected chi connectivity index (χ3v) is 4.50. The van der Waals surface area contributed by atoms with E-state index in [9.17, 15) is 9.59 Å². The third-order valence-electron chi connectivity index (χ3n) is 3.61. The summed E-state index contributed by atoms with van der Waals surface area (Å²) in [7, 11) is 1.78. The van der Waals surface area contributed by atoms with Gasteiger partial charge in [0.1, 0.15) is 0 Å². The Hall–Kier alpha value is -2.74. The molecule has 0 bridgehead atoms. The van der Waals surface area contributed by atoms with Crippen molar-refractivity contribution in [2.24, 2.45) is 7.05 Å². The molecule has 3 aromatic heterocycles. The van der Waals surface area contributed by atoms with Gasteiger partial charge >= 0.3 is 5.97 Å². The minimum absolute atomic E-state index is 0.0750. The first kappa shape index (κ1) is 16.1. The number of hydrogen-bond donors (Lipinski definition) is 2. The number of thiophene rings is 1. The average Bonchev–Trinajstić information content (AvgIpc) is 3.15. The number of aryl methyl sites for hydroxylation is 2. The number of pyridine rings is 1. The quantitative estimate of drug-likeness (QED) is 0.739. The number of aliphatic carboxylic acids is 1. The summed E-state index contributed by atoms with van der Waals surface area (Å²) in [5, 5.41) is 18.3. The number of amides is 1. The summed E-state index contributed by atoms with van der Waals surface area (Å²) in [6, 6.07) is 5.60. The highest BCUT2D eigenvalue weighted by Gasteiger charge is 2.19. The molecule has 8 heteroatoms. The maximum absolute atomic E-state index is 12.6. The van der Waals surface area contributed by atoms with Crippen molar-refractivity contribution in [2.75, 3.05) is 6.54 Å². The minimum atomic E-state index is -0.952. The number of carbonyl (C=O) groups excluding carboxylic acids is 1. The SMILES string of the molecule is Cc1nn(C)c2nc(-c3cccs3)cc(C(=O)NCCC(=O)O)c12. The van der Waals surface area contributed by atoms with Crippen molar-refractivity contribution < 1.29 is 14.7 Å². The Bertz CT molecular complexity index is 915. The molecule has 0 unspecified atom stereocenters. The second kappa shape index (κ2) is 6.40. The lowest BCUT2D eigenvalue weighted by Gasteiger charge is -2.08. The van der Waals surface area contributed by atoms with Gasteiger partial charge in [-0.2, -0.15) is 5.10 Å². The highest BCUT2D eigenvalue weighted by atomic mass is 32.1. The normalized spacial score (nSPS) is 10.9. The lowest BCUT2D eigenvalue weighted by atomic mass is 10.1. The van der Waals surface area contributed by atoms with Crippen LogP contribution in [0.2, 0.25) is 0 Å². The van der Waals surface area contributed by atoms with Gasteiger partial charge in [0.05, 0.1) is 33.6 Å². The van der Waals surface area contributed by atoms with Gasteiger partial charge in [-0.1, -0.05) is 6.07 Å². The number of carboxylic acids is 1. The van der Waals surface area contributed by atoms with Gasteiger partial charge in [-0.25, -0.2) is 4.98 Å². The highest BCUT2D eigenvalue weighted by molar-refractivity contribution is 7.13. The van der Waals surface area contributed by atoms with Crippen LogP contribution in [0.1, 0.15) is 22.5 Å². The molecule has 24 heavy (non-hydrogen) atoms. The summed E-state index contributed by atoms with van der Waals surface area (Å²) in [5.74, 6) is -1.27. The second-order valence-corrected chi connectivity index (χ2v) is 6.29. The number of fused-ring (bicyclic) bond motifs is 1. The van der Waals surface area contributed by atoms with Crippen LogP contribution in [-0.4, -0.2) is 38.3 Å². The average molecular weight is 344 g/mol. The minimum Gasteiger partial charge on any atom is -0.481 e. The van der Waals surface area contributed by atoms with Crippen LogP contribution in [0, 0.1) is 6.92 Å². The van der Waals surface area contributed by atoms with Crippen LogP contribution in [0.25, 0.3) is 21.6 Å². The first-order valence-electron chi connectivity index (χ1n) is 7.35. The molecule has 0 atom stereocenters. The molecule has 2 N–H and O–H groups in total. The van der Waals surface area contributed by atoms with Crippen molar-refractivity contribution >= 4 is 34.2 Å². The molecule has 0 fully saturated rings. The van der Waals surface area contributed by atoms with Crippen molar-refractivity contribution in [1.82, 2.24) is 20.1 Å². The van der Waals surface area contributed by atoms with Crippen molar-refractivity contribution in [2.45, 2.75) is 13.3 Å². The zero-order valence-electron chi connectivity index (χ0n) is 13.2. The fraction of sp³-hybridized carbons (Fsp3) is 0.250. The van der Waals surface area contributed by atoms with Crippen molar-refractivity contribution in [1.29, 1.82) is 0 Å². The van der Waals surface area contributed by atoms with Gasteiger partial charge in [0.2, 0.25) is 0 Å². The molecule has 124 valence electrons. The number of carbonyl (C=O) groups is 2. The Morgan fingerprint density at radius 1 is 1.42 bits per heavy atom. The molecule has 7 nitrogen and oxygen atoms in total. The molecule has 3 heterocycles. The monoisotopic (exact) mass is 344 g/mol. The maximum atomic E-state index is 12.6. The number of rotatable bonds is 5. The summed E-state index contributed by atoms with van der Waals surface area (Å²) in [6.07, 6.45) is -0.121. The van der Waals surface area contributed by atoms with E-state index < -0.39 is 5.97 Å². The first-order valence-corrected chi connectivity index (χ1v) is 8.23. The third kappa shape index (κ3) is 3.00. The molecule has 3 aromatic rings. The maximum Gasteiger partial charge on any atom is 0.305 e. The topological polar surface area (TPSA) is 97.1 Å². The van der Waals surface area contributed by atoms with Crippen LogP contribution < -0.4 is 5.32 Å². The van der Waals surface area contributed by atoms with E-state index in [4.69, 9.17) is 5.11 Å². The van der Waals surface area contributed by atoms with Crippen LogP contribution in [0.4, 0.5) is 0 Å². The Morgan fingerprint density at radius 3 is 2.88 bits per heavy atom. The zero-order chi connectivity index (χ0) is 17.3. The van der Waals surface area contributed by atoms with E-state index in [-0.39, 0.29) is 18.9 Å². The number of carboxylic acid groups (broad SMARTS) is 1. The number of nitrogens with one attached hydrogen (secondary N) is 1. The summed E-state index contributed by atoms with van der Waals surface area (Å²) < 4.78 is 1.65. The molecule has 0 aliphatic rings. The molecule has 0 aliphatic heterocycles. The lowest BCUT2D eigenvalue weighted by Crippen LogP contribution is -2.26. The Morgan fingerprint density at radius 2 is 2.21 bits per heavy atom. The standard InChI is InChI=1S/C16H16N4O3S/c1-9-14-10(16(23)17-6-5-13(21)22)8-11(12-4-3-7-24-12)18-15(14)20(2)19-9/h3-4,7-8H,5-6H2,1-2H3,(H,17,23)(H,21,22). The molecule has 0 spiro atoms. The molecular formula is C16H16N4O3S. The zero-order valence-corrected chi connectivity index (χ0v) is 14.1. The van der Waals surface area contributed by atoms with Crippen molar-refractivity contribution in [3.8, 4) is 10.6 Å². The Labute approximate surface area is 141 Å². The van der Waals surface area contributed by atoms with Crippen LogP contribution in [0.5, 0.6) is 0 Å². The van der Waals surface area contributed by atoms with Gasteiger partial charge in [-0.15, -0.1) is 11.3 Å². The molecule has 0 saturated carbocycles. The summed E-state index contributed by atoms with van der Waals surface area (Å²) in [4.78, 5) is 28.8. The first-order chi connectivity index (χ1) is 11.5. The van der Waals surface area contributed by atoms with Crippen molar-refractivity contribution in [3.63, 3.8) is 0 Å². The Balaban J connectivity index is 2.07. The van der Waals surface area contributed by atoms with E-state index >= 15 is 0 Å².